The summed E-state index contributed by atoms with van der Waals surface area (Å²) in [4.78, 5) is 26.9. The van der Waals surface area contributed by atoms with Crippen LogP contribution in [0.15, 0.2) is 54.6 Å². The van der Waals surface area contributed by atoms with Crippen LogP contribution in [0.2, 0.25) is 5.02 Å². The normalized spacial score (nSPS) is 11.7. The van der Waals surface area contributed by atoms with Crippen molar-refractivity contribution >= 4 is 23.4 Å². The highest BCUT2D eigenvalue weighted by Gasteiger charge is 2.28. The summed E-state index contributed by atoms with van der Waals surface area (Å²) in [5.74, 6) is -0.243. The van der Waals surface area contributed by atoms with Crippen molar-refractivity contribution in [1.29, 1.82) is 0 Å². The van der Waals surface area contributed by atoms with Crippen LogP contribution in [0.3, 0.4) is 0 Å². The maximum Gasteiger partial charge on any atom is 0.243 e. The number of carbonyl (C=O) groups is 2. The monoisotopic (exact) mass is 386 g/mol. The quantitative estimate of drug-likeness (QED) is 0.656. The van der Waals surface area contributed by atoms with Crippen LogP contribution in [0.25, 0.3) is 0 Å². The van der Waals surface area contributed by atoms with E-state index in [0.29, 0.717) is 24.5 Å². The third-order valence-electron chi connectivity index (χ3n) is 4.45. The molecule has 0 saturated heterocycles. The van der Waals surface area contributed by atoms with Gasteiger partial charge in [0.25, 0.3) is 0 Å². The van der Waals surface area contributed by atoms with Crippen LogP contribution < -0.4 is 5.32 Å². The van der Waals surface area contributed by atoms with Crippen molar-refractivity contribution in [1.82, 2.24) is 10.2 Å². The lowest BCUT2D eigenvalue weighted by molar-refractivity contribution is -0.139. The third kappa shape index (κ3) is 6.72. The predicted octanol–water partition coefficient (Wildman–Crippen LogP) is 4.22. The van der Waals surface area contributed by atoms with Gasteiger partial charge >= 0.3 is 0 Å². The van der Waals surface area contributed by atoms with Crippen LogP contribution in [0.1, 0.15) is 37.8 Å². The molecule has 0 saturated carbocycles. The molecular weight excluding hydrogens is 360 g/mol. The molecule has 0 aromatic heterocycles. The van der Waals surface area contributed by atoms with Crippen LogP contribution in [0.5, 0.6) is 0 Å². The first-order valence-electron chi connectivity index (χ1n) is 9.34. The number of amides is 2. The Morgan fingerprint density at radius 3 is 2.30 bits per heavy atom. The Hall–Kier alpha value is -2.33. The van der Waals surface area contributed by atoms with Gasteiger partial charge in [0.2, 0.25) is 11.8 Å². The summed E-state index contributed by atoms with van der Waals surface area (Å²) in [6.45, 7) is 4.57. The minimum atomic E-state index is -0.558. The molecule has 2 aromatic carbocycles. The SMILES string of the molecule is CCCCNC(=O)[C@@H](Cc1ccccc1)N(Cc1ccc(Cl)cc1)C(C)=O. The molecule has 27 heavy (non-hydrogen) atoms. The molecule has 0 aliphatic carbocycles. The zero-order valence-electron chi connectivity index (χ0n) is 16.0. The van der Waals surface area contributed by atoms with E-state index in [0.717, 1.165) is 24.0 Å². The lowest BCUT2D eigenvalue weighted by atomic mass is 10.0. The molecule has 0 aliphatic heterocycles. The maximum atomic E-state index is 12.9. The molecule has 5 heteroatoms. The minimum absolute atomic E-state index is 0.114. The smallest absolute Gasteiger partial charge is 0.243 e. The largest absolute Gasteiger partial charge is 0.354 e. The van der Waals surface area contributed by atoms with Crippen molar-refractivity contribution in [3.63, 3.8) is 0 Å². The number of benzene rings is 2. The minimum Gasteiger partial charge on any atom is -0.354 e. The van der Waals surface area contributed by atoms with Crippen molar-refractivity contribution in [2.45, 2.75) is 45.7 Å². The van der Waals surface area contributed by atoms with E-state index >= 15 is 0 Å². The topological polar surface area (TPSA) is 49.4 Å². The second-order valence-corrected chi connectivity index (χ2v) is 7.06. The summed E-state index contributed by atoms with van der Waals surface area (Å²) in [7, 11) is 0. The fraction of sp³-hybridized carbons (Fsp3) is 0.364. The van der Waals surface area contributed by atoms with Gasteiger partial charge in [0.1, 0.15) is 6.04 Å². The molecule has 1 N–H and O–H groups in total. The lowest BCUT2D eigenvalue weighted by Crippen LogP contribution is -2.50. The highest BCUT2D eigenvalue weighted by Crippen LogP contribution is 2.16. The van der Waals surface area contributed by atoms with Crippen LogP contribution in [0, 0.1) is 0 Å². The second-order valence-electron chi connectivity index (χ2n) is 6.62. The van der Waals surface area contributed by atoms with E-state index in [9.17, 15) is 9.59 Å². The molecule has 0 aliphatic rings. The van der Waals surface area contributed by atoms with Gasteiger partial charge in [-0.3, -0.25) is 9.59 Å². The van der Waals surface area contributed by atoms with Gasteiger partial charge < -0.3 is 10.2 Å². The Labute approximate surface area is 166 Å². The molecule has 0 spiro atoms. The maximum absolute atomic E-state index is 12.9. The molecule has 0 heterocycles. The summed E-state index contributed by atoms with van der Waals surface area (Å²) in [6, 6.07) is 16.6. The second kappa shape index (κ2) is 10.7. The zero-order valence-corrected chi connectivity index (χ0v) is 16.7. The number of halogens is 1. The summed E-state index contributed by atoms with van der Waals surface area (Å²) < 4.78 is 0. The van der Waals surface area contributed by atoms with Gasteiger partial charge in [-0.05, 0) is 29.7 Å². The standard InChI is InChI=1S/C22H27ClN2O2/c1-3-4-14-24-22(27)21(15-18-8-6-5-7-9-18)25(17(2)26)16-19-10-12-20(23)13-11-19/h5-13,21H,3-4,14-16H2,1-2H3,(H,24,27)/t21-/m1/s1. The molecule has 2 rings (SSSR count). The van der Waals surface area contributed by atoms with Crippen molar-refractivity contribution < 1.29 is 9.59 Å². The summed E-state index contributed by atoms with van der Waals surface area (Å²) in [5.41, 5.74) is 1.96. The summed E-state index contributed by atoms with van der Waals surface area (Å²) >= 11 is 5.96. The number of carbonyl (C=O) groups excluding carboxylic acids is 2. The van der Waals surface area contributed by atoms with Gasteiger partial charge in [-0.1, -0.05) is 67.4 Å². The number of rotatable bonds is 9. The summed E-state index contributed by atoms with van der Waals surface area (Å²) in [6.07, 6.45) is 2.40. The molecule has 0 unspecified atom stereocenters. The predicted molar refractivity (Wildman–Crippen MR) is 110 cm³/mol. The number of nitrogens with zero attached hydrogens (tertiary/aromatic N) is 1. The van der Waals surface area contributed by atoms with Gasteiger partial charge in [-0.25, -0.2) is 0 Å². The Morgan fingerprint density at radius 2 is 1.70 bits per heavy atom. The van der Waals surface area contributed by atoms with E-state index in [2.05, 4.69) is 12.2 Å². The fourth-order valence-electron chi connectivity index (χ4n) is 2.92. The first-order chi connectivity index (χ1) is 13.0. The molecule has 0 bridgehead atoms. The van der Waals surface area contributed by atoms with E-state index in [1.165, 1.54) is 6.92 Å². The number of nitrogens with one attached hydrogen (secondary N) is 1. The van der Waals surface area contributed by atoms with Gasteiger partial charge in [0.05, 0.1) is 0 Å². The number of unbranched alkanes of at least 4 members (excludes halogenated alkanes) is 1. The highest BCUT2D eigenvalue weighted by molar-refractivity contribution is 6.30. The van der Waals surface area contributed by atoms with E-state index in [1.807, 2.05) is 42.5 Å². The molecule has 1 atom stereocenters. The molecule has 2 amide bonds. The average molecular weight is 387 g/mol. The summed E-state index contributed by atoms with van der Waals surface area (Å²) in [5, 5.41) is 3.62. The van der Waals surface area contributed by atoms with Gasteiger partial charge in [-0.2, -0.15) is 0 Å². The highest BCUT2D eigenvalue weighted by atomic mass is 35.5. The van der Waals surface area contributed by atoms with E-state index in [-0.39, 0.29) is 11.8 Å². The van der Waals surface area contributed by atoms with Crippen LogP contribution in [0.4, 0.5) is 0 Å². The Balaban J connectivity index is 2.23. The molecule has 144 valence electrons. The molecular formula is C22H27ClN2O2. The first-order valence-corrected chi connectivity index (χ1v) is 9.72. The molecule has 2 aromatic rings. The van der Waals surface area contributed by atoms with Gasteiger partial charge in [0, 0.05) is 31.5 Å². The first kappa shape index (κ1) is 21.0. The molecule has 0 fully saturated rings. The van der Waals surface area contributed by atoms with Gasteiger partial charge in [0.15, 0.2) is 0 Å². The van der Waals surface area contributed by atoms with Crippen molar-refractivity contribution in [2.75, 3.05) is 6.54 Å². The Morgan fingerprint density at radius 1 is 1.04 bits per heavy atom. The van der Waals surface area contributed by atoms with E-state index < -0.39 is 6.04 Å². The van der Waals surface area contributed by atoms with E-state index in [4.69, 9.17) is 11.6 Å². The lowest BCUT2D eigenvalue weighted by Gasteiger charge is -2.30. The van der Waals surface area contributed by atoms with Crippen molar-refractivity contribution in [3.8, 4) is 0 Å². The average Bonchev–Trinajstić information content (AvgIpc) is 2.66. The molecule has 0 radical (unpaired) electrons. The Kier molecular flexibility index (Phi) is 8.34. The molecule has 4 nitrogen and oxygen atoms in total. The number of hydrogen-bond acceptors (Lipinski definition) is 2. The van der Waals surface area contributed by atoms with Crippen molar-refractivity contribution in [3.05, 3.63) is 70.7 Å². The zero-order chi connectivity index (χ0) is 19.6. The van der Waals surface area contributed by atoms with Gasteiger partial charge in [-0.15, -0.1) is 0 Å². The van der Waals surface area contributed by atoms with E-state index in [1.54, 1.807) is 17.0 Å². The fourth-order valence-corrected chi connectivity index (χ4v) is 3.04. The number of hydrogen-bond donors (Lipinski definition) is 1. The third-order valence-corrected chi connectivity index (χ3v) is 4.70. The van der Waals surface area contributed by atoms with Crippen LogP contribution in [-0.4, -0.2) is 29.3 Å². The van der Waals surface area contributed by atoms with Crippen LogP contribution in [-0.2, 0) is 22.6 Å². The van der Waals surface area contributed by atoms with Crippen LogP contribution >= 0.6 is 11.6 Å². The Bertz CT molecular complexity index is 732. The van der Waals surface area contributed by atoms with Crippen molar-refractivity contribution in [2.24, 2.45) is 0 Å².